The van der Waals surface area contributed by atoms with E-state index in [2.05, 4.69) is 30.5 Å². The van der Waals surface area contributed by atoms with Gasteiger partial charge in [-0.3, -0.25) is 4.79 Å². The summed E-state index contributed by atoms with van der Waals surface area (Å²) in [6.45, 7) is 1.58. The Morgan fingerprint density at radius 3 is 3.23 bits per heavy atom. The van der Waals surface area contributed by atoms with Crippen LogP contribution in [0.4, 0.5) is 5.82 Å². The highest BCUT2D eigenvalue weighted by Crippen LogP contribution is 2.18. The molecule has 0 spiro atoms. The number of hydrogen-bond acceptors (Lipinski definition) is 7. The van der Waals surface area contributed by atoms with Crippen molar-refractivity contribution in [3.8, 4) is 0 Å². The Balaban J connectivity index is 1.44. The molecule has 0 radical (unpaired) electrons. The number of thiazole rings is 1. The Morgan fingerprint density at radius 1 is 1.41 bits per heavy atom. The molecule has 1 N–H and O–H groups in total. The van der Waals surface area contributed by atoms with Crippen LogP contribution in [0.5, 0.6) is 0 Å². The summed E-state index contributed by atoms with van der Waals surface area (Å²) in [7, 11) is 0. The van der Waals surface area contributed by atoms with Crippen molar-refractivity contribution in [3.63, 3.8) is 0 Å². The van der Waals surface area contributed by atoms with Gasteiger partial charge >= 0.3 is 0 Å². The topological polar surface area (TPSA) is 88.3 Å². The molecule has 0 aliphatic carbocycles. The quantitative estimate of drug-likeness (QED) is 0.761. The molecule has 3 aromatic rings. The number of amides is 1. The summed E-state index contributed by atoms with van der Waals surface area (Å²) in [6.07, 6.45) is 2.47. The van der Waals surface area contributed by atoms with E-state index in [1.165, 1.54) is 11.3 Å². The Bertz CT molecular complexity index is 800. The first-order valence-electron chi connectivity index (χ1n) is 6.91. The Kier molecular flexibility index (Phi) is 3.19. The summed E-state index contributed by atoms with van der Waals surface area (Å²) in [4.78, 5) is 18.2. The zero-order chi connectivity index (χ0) is 14.9. The van der Waals surface area contributed by atoms with E-state index in [0.29, 0.717) is 5.69 Å². The molecule has 22 heavy (non-hydrogen) atoms. The van der Waals surface area contributed by atoms with Gasteiger partial charge in [0.05, 0.1) is 5.51 Å². The van der Waals surface area contributed by atoms with Crippen molar-refractivity contribution in [1.29, 1.82) is 0 Å². The van der Waals surface area contributed by atoms with Gasteiger partial charge in [-0.05, 0) is 18.6 Å². The van der Waals surface area contributed by atoms with Crippen molar-refractivity contribution in [3.05, 3.63) is 35.0 Å². The van der Waals surface area contributed by atoms with Gasteiger partial charge in [0.1, 0.15) is 17.8 Å². The van der Waals surface area contributed by atoms with Gasteiger partial charge in [0, 0.05) is 24.5 Å². The highest BCUT2D eigenvalue weighted by molar-refractivity contribution is 7.07. The van der Waals surface area contributed by atoms with Crippen LogP contribution in [-0.2, 0) is 0 Å². The van der Waals surface area contributed by atoms with Gasteiger partial charge in [-0.1, -0.05) is 0 Å². The predicted octanol–water partition coefficient (Wildman–Crippen LogP) is 0.589. The van der Waals surface area contributed by atoms with Crippen LogP contribution in [0.15, 0.2) is 29.4 Å². The maximum absolute atomic E-state index is 12.0. The molecule has 4 heterocycles. The minimum absolute atomic E-state index is 0.104. The molecule has 3 aromatic heterocycles. The van der Waals surface area contributed by atoms with Crippen molar-refractivity contribution < 1.29 is 4.79 Å². The van der Waals surface area contributed by atoms with E-state index < -0.39 is 0 Å². The number of carbonyl (C=O) groups excluding carboxylic acids is 1. The Morgan fingerprint density at radius 2 is 2.36 bits per heavy atom. The SMILES string of the molecule is O=C(N[C@@H]1CCN(c2ccc3nncn3n2)C1)c1cscn1. The molecule has 1 amide bonds. The molecular formula is C13H13N7OS. The molecule has 8 nitrogen and oxygen atoms in total. The molecule has 9 heteroatoms. The van der Waals surface area contributed by atoms with Crippen molar-refractivity contribution in [2.75, 3.05) is 18.0 Å². The number of rotatable bonds is 3. The maximum Gasteiger partial charge on any atom is 0.271 e. The van der Waals surface area contributed by atoms with Crippen LogP contribution in [0.3, 0.4) is 0 Å². The lowest BCUT2D eigenvalue weighted by atomic mass is 10.2. The van der Waals surface area contributed by atoms with E-state index in [4.69, 9.17) is 0 Å². The number of carbonyl (C=O) groups is 1. The van der Waals surface area contributed by atoms with Crippen molar-refractivity contribution in [2.45, 2.75) is 12.5 Å². The minimum Gasteiger partial charge on any atom is -0.353 e. The number of fused-ring (bicyclic) bond motifs is 1. The fourth-order valence-corrected chi connectivity index (χ4v) is 3.09. The third-order valence-corrected chi connectivity index (χ3v) is 4.25. The third kappa shape index (κ3) is 2.39. The van der Waals surface area contributed by atoms with Crippen LogP contribution in [0.1, 0.15) is 16.9 Å². The number of anilines is 1. The van der Waals surface area contributed by atoms with Crippen LogP contribution in [0, 0.1) is 0 Å². The molecule has 0 aromatic carbocycles. The van der Waals surface area contributed by atoms with Crippen molar-refractivity contribution in [1.82, 2.24) is 30.1 Å². The molecule has 0 unspecified atom stereocenters. The molecule has 1 aliphatic rings. The van der Waals surface area contributed by atoms with Crippen molar-refractivity contribution >= 4 is 28.7 Å². The van der Waals surface area contributed by atoms with E-state index in [1.54, 1.807) is 21.7 Å². The molecule has 0 bridgehead atoms. The summed E-state index contributed by atoms with van der Waals surface area (Å²) in [5.74, 6) is 0.744. The molecule has 112 valence electrons. The zero-order valence-corrected chi connectivity index (χ0v) is 12.4. The second-order valence-electron chi connectivity index (χ2n) is 5.10. The summed E-state index contributed by atoms with van der Waals surface area (Å²) in [5, 5.41) is 17.0. The minimum atomic E-state index is -0.115. The van der Waals surface area contributed by atoms with E-state index in [1.807, 2.05) is 12.1 Å². The van der Waals surface area contributed by atoms with Gasteiger partial charge < -0.3 is 10.2 Å². The van der Waals surface area contributed by atoms with Gasteiger partial charge in [-0.25, -0.2) is 4.98 Å². The molecular weight excluding hydrogens is 302 g/mol. The lowest BCUT2D eigenvalue weighted by molar-refractivity contribution is 0.0936. The largest absolute Gasteiger partial charge is 0.353 e. The van der Waals surface area contributed by atoms with E-state index >= 15 is 0 Å². The van der Waals surface area contributed by atoms with Crippen LogP contribution >= 0.6 is 11.3 Å². The summed E-state index contributed by atoms with van der Waals surface area (Å²) >= 11 is 1.42. The zero-order valence-electron chi connectivity index (χ0n) is 11.6. The van der Waals surface area contributed by atoms with E-state index in [9.17, 15) is 4.79 Å². The Hall–Kier alpha value is -2.55. The number of aromatic nitrogens is 5. The van der Waals surface area contributed by atoms with Crippen LogP contribution in [-0.4, -0.2) is 49.8 Å². The standard InChI is InChI=1S/C13H13N7OS/c21-13(10-6-22-8-14-10)16-9-3-4-19(5-9)12-2-1-11-17-15-7-20(11)18-12/h1-2,6-9H,3-5H2,(H,16,21)/t9-/m1/s1. The normalized spacial score (nSPS) is 18.0. The molecule has 4 rings (SSSR count). The van der Waals surface area contributed by atoms with Gasteiger partial charge in [-0.15, -0.1) is 26.6 Å². The van der Waals surface area contributed by atoms with E-state index in [0.717, 1.165) is 31.0 Å². The number of hydrogen-bond donors (Lipinski definition) is 1. The van der Waals surface area contributed by atoms with E-state index in [-0.39, 0.29) is 11.9 Å². The first-order valence-corrected chi connectivity index (χ1v) is 7.85. The fraction of sp³-hybridized carbons (Fsp3) is 0.308. The predicted molar refractivity (Wildman–Crippen MR) is 81.0 cm³/mol. The molecule has 1 aliphatic heterocycles. The molecule has 1 fully saturated rings. The lowest BCUT2D eigenvalue weighted by Crippen LogP contribution is -2.37. The first kappa shape index (κ1) is 13.1. The van der Waals surface area contributed by atoms with Crippen LogP contribution in [0.25, 0.3) is 5.65 Å². The summed E-state index contributed by atoms with van der Waals surface area (Å²) < 4.78 is 1.65. The molecule has 1 atom stereocenters. The average Bonchev–Trinajstić information content (AvgIpc) is 3.27. The van der Waals surface area contributed by atoms with Crippen molar-refractivity contribution in [2.24, 2.45) is 0 Å². The second kappa shape index (κ2) is 5.34. The summed E-state index contributed by atoms with van der Waals surface area (Å²) in [6, 6.07) is 3.91. The van der Waals surface area contributed by atoms with Gasteiger partial charge in [0.25, 0.3) is 5.91 Å². The lowest BCUT2D eigenvalue weighted by Gasteiger charge is -2.17. The Labute approximate surface area is 129 Å². The molecule has 0 saturated carbocycles. The first-order chi connectivity index (χ1) is 10.8. The highest BCUT2D eigenvalue weighted by atomic mass is 32.1. The maximum atomic E-state index is 12.0. The van der Waals surface area contributed by atoms with Gasteiger partial charge in [0.2, 0.25) is 0 Å². The van der Waals surface area contributed by atoms with Gasteiger partial charge in [-0.2, -0.15) is 4.52 Å². The number of nitrogens with one attached hydrogen (secondary N) is 1. The monoisotopic (exact) mass is 315 g/mol. The van der Waals surface area contributed by atoms with Crippen LogP contribution in [0.2, 0.25) is 0 Å². The second-order valence-corrected chi connectivity index (χ2v) is 5.82. The van der Waals surface area contributed by atoms with Crippen LogP contribution < -0.4 is 10.2 Å². The fourth-order valence-electron chi connectivity index (χ4n) is 2.56. The average molecular weight is 315 g/mol. The highest BCUT2D eigenvalue weighted by Gasteiger charge is 2.25. The smallest absolute Gasteiger partial charge is 0.271 e. The summed E-state index contributed by atoms with van der Waals surface area (Å²) in [5.41, 5.74) is 2.86. The molecule has 1 saturated heterocycles. The third-order valence-electron chi connectivity index (χ3n) is 3.66. The number of nitrogens with zero attached hydrogens (tertiary/aromatic N) is 6. The van der Waals surface area contributed by atoms with Gasteiger partial charge in [0.15, 0.2) is 5.65 Å².